The smallest absolute Gasteiger partial charge is 0.276 e. The molecular formula is C29H31N5O3S. The van der Waals surface area contributed by atoms with Gasteiger partial charge in [-0.25, -0.2) is 4.98 Å². The molecule has 0 unspecified atom stereocenters. The van der Waals surface area contributed by atoms with Crippen molar-refractivity contribution >= 4 is 29.0 Å². The van der Waals surface area contributed by atoms with Crippen LogP contribution in [-0.2, 0) is 11.8 Å². The summed E-state index contributed by atoms with van der Waals surface area (Å²) in [4.78, 5) is 32.1. The van der Waals surface area contributed by atoms with Crippen LogP contribution in [-0.4, -0.2) is 51.2 Å². The molecule has 8 nitrogen and oxygen atoms in total. The highest BCUT2D eigenvalue weighted by Gasteiger charge is 2.27. The molecule has 2 aromatic heterocycles. The first-order valence-electron chi connectivity index (χ1n) is 12.7. The third-order valence-corrected chi connectivity index (χ3v) is 7.99. The fraction of sp³-hybridized carbons (Fsp3) is 0.310. The third kappa shape index (κ3) is 5.78. The lowest BCUT2D eigenvalue weighted by molar-refractivity contribution is -0.134. The van der Waals surface area contributed by atoms with Gasteiger partial charge in [-0.05, 0) is 49.9 Å². The number of nitrogens with one attached hydrogen (secondary N) is 1. The molecule has 196 valence electrons. The number of aromatic nitrogens is 3. The Bertz CT molecular complexity index is 1440. The topological polar surface area (TPSA) is 89.3 Å². The number of anilines is 1. The van der Waals surface area contributed by atoms with Crippen molar-refractivity contribution in [1.29, 1.82) is 0 Å². The predicted molar refractivity (Wildman–Crippen MR) is 149 cm³/mol. The van der Waals surface area contributed by atoms with Crippen molar-refractivity contribution in [2.24, 2.45) is 7.05 Å². The van der Waals surface area contributed by atoms with Crippen LogP contribution in [0, 0.1) is 13.8 Å². The van der Waals surface area contributed by atoms with E-state index in [0.717, 1.165) is 34.7 Å². The van der Waals surface area contributed by atoms with Crippen LogP contribution in [0.25, 0.3) is 11.3 Å². The molecule has 1 fully saturated rings. The van der Waals surface area contributed by atoms with E-state index >= 15 is 0 Å². The maximum atomic E-state index is 12.9. The first-order chi connectivity index (χ1) is 18.4. The van der Waals surface area contributed by atoms with Crippen molar-refractivity contribution in [3.8, 4) is 17.0 Å². The summed E-state index contributed by atoms with van der Waals surface area (Å²) in [5.41, 5.74) is 4.52. The van der Waals surface area contributed by atoms with Crippen molar-refractivity contribution < 1.29 is 14.3 Å². The summed E-state index contributed by atoms with van der Waals surface area (Å²) < 4.78 is 7.39. The van der Waals surface area contributed by atoms with Gasteiger partial charge in [0, 0.05) is 43.1 Å². The van der Waals surface area contributed by atoms with E-state index in [-0.39, 0.29) is 24.3 Å². The van der Waals surface area contributed by atoms with Gasteiger partial charge in [0.15, 0.2) is 6.61 Å². The summed E-state index contributed by atoms with van der Waals surface area (Å²) in [6.07, 6.45) is 1.62. The number of thiazole rings is 1. The van der Waals surface area contributed by atoms with E-state index in [2.05, 4.69) is 22.3 Å². The van der Waals surface area contributed by atoms with Crippen LogP contribution in [0.1, 0.15) is 45.4 Å². The van der Waals surface area contributed by atoms with E-state index in [1.165, 1.54) is 16.9 Å². The lowest BCUT2D eigenvalue weighted by atomic mass is 9.97. The van der Waals surface area contributed by atoms with Crippen molar-refractivity contribution in [1.82, 2.24) is 19.7 Å². The van der Waals surface area contributed by atoms with Crippen molar-refractivity contribution in [2.45, 2.75) is 32.6 Å². The number of hydrogen-bond acceptors (Lipinski definition) is 6. The normalized spacial score (nSPS) is 13.9. The zero-order valence-corrected chi connectivity index (χ0v) is 22.6. The molecule has 1 saturated heterocycles. The summed E-state index contributed by atoms with van der Waals surface area (Å²) in [7, 11) is 1.80. The number of carbonyl (C=O) groups is 2. The van der Waals surface area contributed by atoms with Gasteiger partial charge in [0.2, 0.25) is 0 Å². The lowest BCUT2D eigenvalue weighted by Gasteiger charge is -2.31. The average molecular weight is 530 g/mol. The third-order valence-electron chi connectivity index (χ3n) is 6.98. The average Bonchev–Trinajstić information content (AvgIpc) is 3.57. The van der Waals surface area contributed by atoms with Gasteiger partial charge < -0.3 is 15.0 Å². The monoisotopic (exact) mass is 529 g/mol. The first kappa shape index (κ1) is 25.7. The van der Waals surface area contributed by atoms with Crippen LogP contribution in [0.15, 0.2) is 60.0 Å². The number of aryl methyl sites for hydroxylation is 3. The minimum Gasteiger partial charge on any atom is -0.484 e. The molecule has 0 radical (unpaired) electrons. The molecule has 4 aromatic rings. The number of nitrogens with zero attached hydrogens (tertiary/aromatic N) is 4. The molecule has 9 heteroatoms. The summed E-state index contributed by atoms with van der Waals surface area (Å²) >= 11 is 1.50. The van der Waals surface area contributed by atoms with Gasteiger partial charge in [0.1, 0.15) is 17.3 Å². The van der Waals surface area contributed by atoms with Crippen molar-refractivity contribution in [2.75, 3.05) is 25.0 Å². The number of carbonyl (C=O) groups excluding carboxylic acids is 2. The number of rotatable bonds is 7. The maximum absolute atomic E-state index is 12.9. The summed E-state index contributed by atoms with van der Waals surface area (Å²) in [6.45, 7) is 5.42. The van der Waals surface area contributed by atoms with E-state index < -0.39 is 0 Å². The minimum absolute atomic E-state index is 0.00747. The second kappa shape index (κ2) is 11.2. The molecule has 0 aliphatic carbocycles. The number of likely N-dealkylation sites (tertiary alicyclic amines) is 1. The number of amides is 2. The fourth-order valence-corrected chi connectivity index (χ4v) is 5.48. The zero-order valence-electron chi connectivity index (χ0n) is 21.8. The van der Waals surface area contributed by atoms with Crippen LogP contribution in [0.2, 0.25) is 0 Å². The summed E-state index contributed by atoms with van der Waals surface area (Å²) in [5, 5.41) is 10.2. The van der Waals surface area contributed by atoms with Gasteiger partial charge in [0.05, 0.1) is 10.7 Å². The Hall–Kier alpha value is -3.98. The van der Waals surface area contributed by atoms with Gasteiger partial charge in [-0.3, -0.25) is 14.3 Å². The van der Waals surface area contributed by atoms with Gasteiger partial charge in [-0.15, -0.1) is 11.3 Å². The Morgan fingerprint density at radius 3 is 2.55 bits per heavy atom. The maximum Gasteiger partial charge on any atom is 0.276 e. The van der Waals surface area contributed by atoms with E-state index in [0.29, 0.717) is 30.4 Å². The molecule has 0 atom stereocenters. The molecule has 5 rings (SSSR count). The van der Waals surface area contributed by atoms with Crippen LogP contribution in [0.4, 0.5) is 5.82 Å². The van der Waals surface area contributed by atoms with E-state index in [9.17, 15) is 9.59 Å². The van der Waals surface area contributed by atoms with Gasteiger partial charge in [0.25, 0.3) is 11.8 Å². The minimum atomic E-state index is -0.258. The fourth-order valence-electron chi connectivity index (χ4n) is 4.51. The van der Waals surface area contributed by atoms with Gasteiger partial charge in [-0.2, -0.15) is 5.10 Å². The first-order valence-corrected chi connectivity index (χ1v) is 13.6. The van der Waals surface area contributed by atoms with E-state index in [1.54, 1.807) is 17.1 Å². The highest BCUT2D eigenvalue weighted by Crippen LogP contribution is 2.31. The standard InChI is InChI=1S/C29H31N5O3S/c1-19-9-10-23(15-20(19)2)37-17-27(35)34-13-11-22(12-14-34)29-30-25(18-38-29)28(36)31-26-16-24(32-33(26)3)21-7-5-4-6-8-21/h4-10,15-16,18,22H,11-14,17H2,1-3H3,(H,31,36). The van der Waals surface area contributed by atoms with Crippen molar-refractivity contribution in [3.63, 3.8) is 0 Å². The Morgan fingerprint density at radius 1 is 1.05 bits per heavy atom. The van der Waals surface area contributed by atoms with E-state index in [4.69, 9.17) is 4.74 Å². The Labute approximate surface area is 226 Å². The number of piperidine rings is 1. The molecule has 3 heterocycles. The van der Waals surface area contributed by atoms with Crippen LogP contribution in [0.3, 0.4) is 0 Å². The molecule has 0 saturated carbocycles. The molecular weight excluding hydrogens is 498 g/mol. The van der Waals surface area contributed by atoms with Crippen LogP contribution >= 0.6 is 11.3 Å². The summed E-state index contributed by atoms with van der Waals surface area (Å²) in [6, 6.07) is 17.6. The summed E-state index contributed by atoms with van der Waals surface area (Å²) in [5.74, 6) is 1.29. The van der Waals surface area contributed by atoms with Crippen LogP contribution in [0.5, 0.6) is 5.75 Å². The largest absolute Gasteiger partial charge is 0.484 e. The van der Waals surface area contributed by atoms with Crippen molar-refractivity contribution in [3.05, 3.63) is 81.8 Å². The molecule has 2 aromatic carbocycles. The molecule has 1 N–H and O–H groups in total. The second-order valence-corrected chi connectivity index (χ2v) is 10.5. The molecule has 1 aliphatic heterocycles. The second-order valence-electron chi connectivity index (χ2n) is 9.62. The highest BCUT2D eigenvalue weighted by atomic mass is 32.1. The lowest BCUT2D eigenvalue weighted by Crippen LogP contribution is -2.40. The quantitative estimate of drug-likeness (QED) is 0.356. The van der Waals surface area contributed by atoms with Crippen LogP contribution < -0.4 is 10.1 Å². The van der Waals surface area contributed by atoms with E-state index in [1.807, 2.05) is 66.4 Å². The van der Waals surface area contributed by atoms with Gasteiger partial charge >= 0.3 is 0 Å². The Balaban J connectivity index is 1.13. The Morgan fingerprint density at radius 2 is 1.82 bits per heavy atom. The molecule has 2 amide bonds. The zero-order chi connectivity index (χ0) is 26.6. The predicted octanol–water partition coefficient (Wildman–Crippen LogP) is 5.20. The Kier molecular flexibility index (Phi) is 7.55. The SMILES string of the molecule is Cc1ccc(OCC(=O)N2CCC(c3nc(C(=O)Nc4cc(-c5ccccc5)nn4C)cs3)CC2)cc1C. The number of ether oxygens (including phenoxy) is 1. The van der Waals surface area contributed by atoms with Gasteiger partial charge in [-0.1, -0.05) is 36.4 Å². The molecule has 1 aliphatic rings. The highest BCUT2D eigenvalue weighted by molar-refractivity contribution is 7.10. The molecule has 38 heavy (non-hydrogen) atoms. The number of hydrogen-bond donors (Lipinski definition) is 1. The number of benzene rings is 2. The molecule has 0 spiro atoms. The molecule has 0 bridgehead atoms.